The van der Waals surface area contributed by atoms with Gasteiger partial charge in [-0.25, -0.2) is 0 Å². The minimum Gasteiger partial charge on any atom is -0.506 e. The van der Waals surface area contributed by atoms with Crippen molar-refractivity contribution in [3.63, 3.8) is 0 Å². The van der Waals surface area contributed by atoms with Gasteiger partial charge in [-0.1, -0.05) is 23.4 Å². The second-order valence-corrected chi connectivity index (χ2v) is 3.23. The number of phenolic OH excluding ortho intramolecular Hbond substituents is 1. The Bertz CT molecular complexity index is 413. The first-order valence-corrected chi connectivity index (χ1v) is 4.44. The molecule has 0 amide bonds. The van der Waals surface area contributed by atoms with Crippen LogP contribution in [0.4, 0.5) is 0 Å². The Morgan fingerprint density at radius 3 is 2.93 bits per heavy atom. The maximum atomic E-state index is 10.0. The zero-order valence-electron chi connectivity index (χ0n) is 7.67. The average molecular weight is 209 g/mol. The molecule has 0 fully saturated rings. The molecular formula is C11H9ClO2. The number of halogens is 1. The highest BCUT2D eigenvalue weighted by Crippen LogP contribution is 2.25. The highest BCUT2D eigenvalue weighted by Gasteiger charge is 2.03. The van der Waals surface area contributed by atoms with Crippen LogP contribution in [0.2, 0.25) is 5.02 Å². The Balaban J connectivity index is 3.09. The van der Waals surface area contributed by atoms with Crippen LogP contribution in [0.3, 0.4) is 0 Å². The minimum absolute atomic E-state index is 0.118. The van der Waals surface area contributed by atoms with Gasteiger partial charge in [-0.15, -0.1) is 0 Å². The average Bonchev–Trinajstić information content (AvgIpc) is 2.13. The lowest BCUT2D eigenvalue weighted by molar-refractivity contribution is -0.107. The summed E-state index contributed by atoms with van der Waals surface area (Å²) in [6, 6.07) is 3.23. The number of carbonyl (C=O) groups is 1. The molecule has 0 aliphatic heterocycles. The molecule has 1 aromatic rings. The van der Waals surface area contributed by atoms with Crippen LogP contribution in [0.15, 0.2) is 12.1 Å². The van der Waals surface area contributed by atoms with Crippen LogP contribution in [-0.2, 0) is 4.79 Å². The lowest BCUT2D eigenvalue weighted by Gasteiger charge is -2.01. The van der Waals surface area contributed by atoms with Gasteiger partial charge in [0.1, 0.15) is 12.0 Å². The predicted octanol–water partition coefficient (Wildman–Crippen LogP) is 2.29. The number of aryl methyl sites for hydroxylation is 1. The molecule has 72 valence electrons. The largest absolute Gasteiger partial charge is 0.506 e. The first kappa shape index (κ1) is 10.6. The molecule has 14 heavy (non-hydrogen) atoms. The Hall–Kier alpha value is -1.46. The number of carbonyl (C=O) groups excluding carboxylic acids is 1. The van der Waals surface area contributed by atoms with Crippen molar-refractivity contribution < 1.29 is 9.90 Å². The minimum atomic E-state index is 0.118. The lowest BCUT2D eigenvalue weighted by atomic mass is 10.1. The van der Waals surface area contributed by atoms with E-state index in [2.05, 4.69) is 11.8 Å². The fraction of sp³-hybridized carbons (Fsp3) is 0.182. The van der Waals surface area contributed by atoms with Gasteiger partial charge < -0.3 is 9.90 Å². The van der Waals surface area contributed by atoms with Gasteiger partial charge in [0.25, 0.3) is 0 Å². The number of rotatable bonds is 1. The highest BCUT2D eigenvalue weighted by molar-refractivity contribution is 6.30. The zero-order chi connectivity index (χ0) is 10.6. The topological polar surface area (TPSA) is 37.3 Å². The molecule has 0 heterocycles. The standard InChI is InChI=1S/C11H9ClO2/c1-8-6-10(12)7-9(11(8)14)4-2-3-5-13/h5-7,14H,3H2,1H3. The molecule has 1 N–H and O–H groups in total. The fourth-order valence-corrected chi connectivity index (χ4v) is 1.29. The van der Waals surface area contributed by atoms with Gasteiger partial charge >= 0.3 is 0 Å². The number of aldehydes is 1. The molecule has 0 saturated heterocycles. The maximum Gasteiger partial charge on any atom is 0.134 e. The van der Waals surface area contributed by atoms with Gasteiger partial charge in [0, 0.05) is 5.02 Å². The summed E-state index contributed by atoms with van der Waals surface area (Å²) in [7, 11) is 0. The first-order chi connectivity index (χ1) is 6.65. The van der Waals surface area contributed by atoms with E-state index in [0.717, 1.165) is 0 Å². The van der Waals surface area contributed by atoms with E-state index >= 15 is 0 Å². The molecule has 1 rings (SSSR count). The van der Waals surface area contributed by atoms with Crippen molar-refractivity contribution >= 4 is 17.9 Å². The Morgan fingerprint density at radius 1 is 1.57 bits per heavy atom. The molecule has 0 spiro atoms. The van der Waals surface area contributed by atoms with Gasteiger partial charge in [0.05, 0.1) is 12.0 Å². The Morgan fingerprint density at radius 2 is 2.29 bits per heavy atom. The summed E-state index contributed by atoms with van der Waals surface area (Å²) in [5.41, 5.74) is 1.13. The summed E-state index contributed by atoms with van der Waals surface area (Å²) in [5, 5.41) is 10.1. The fourth-order valence-electron chi connectivity index (χ4n) is 1.02. The van der Waals surface area contributed by atoms with Crippen molar-refractivity contribution in [1.82, 2.24) is 0 Å². The van der Waals surface area contributed by atoms with E-state index in [0.29, 0.717) is 22.4 Å². The van der Waals surface area contributed by atoms with Gasteiger partial charge in [0.2, 0.25) is 0 Å². The number of benzene rings is 1. The highest BCUT2D eigenvalue weighted by atomic mass is 35.5. The lowest BCUT2D eigenvalue weighted by Crippen LogP contribution is -1.82. The summed E-state index contributed by atoms with van der Waals surface area (Å²) >= 11 is 5.79. The SMILES string of the molecule is Cc1cc(Cl)cc(C#CCC=O)c1O. The van der Waals surface area contributed by atoms with Crippen molar-refractivity contribution in [2.45, 2.75) is 13.3 Å². The Kier molecular flexibility index (Phi) is 3.55. The third-order valence-corrected chi connectivity index (χ3v) is 1.89. The second kappa shape index (κ2) is 4.69. The van der Waals surface area contributed by atoms with Crippen molar-refractivity contribution in [1.29, 1.82) is 0 Å². The number of aromatic hydroxyl groups is 1. The molecule has 1 aromatic carbocycles. The van der Waals surface area contributed by atoms with E-state index in [4.69, 9.17) is 11.6 Å². The maximum absolute atomic E-state index is 10.0. The third kappa shape index (κ3) is 2.51. The van der Waals surface area contributed by atoms with Crippen LogP contribution in [-0.4, -0.2) is 11.4 Å². The molecular weight excluding hydrogens is 200 g/mol. The van der Waals surface area contributed by atoms with Crippen LogP contribution in [0.5, 0.6) is 5.75 Å². The third-order valence-electron chi connectivity index (χ3n) is 1.67. The van der Waals surface area contributed by atoms with E-state index in [9.17, 15) is 9.90 Å². The molecule has 0 aliphatic carbocycles. The molecule has 0 aromatic heterocycles. The van der Waals surface area contributed by atoms with Gasteiger partial charge in [-0.05, 0) is 24.6 Å². The normalized spacial score (nSPS) is 9.00. The molecule has 0 unspecified atom stereocenters. The van der Waals surface area contributed by atoms with Gasteiger partial charge in [-0.2, -0.15) is 0 Å². The summed E-state index contributed by atoms with van der Waals surface area (Å²) in [4.78, 5) is 10.0. The molecule has 3 heteroatoms. The van der Waals surface area contributed by atoms with Crippen LogP contribution in [0.25, 0.3) is 0 Å². The number of hydrogen-bond donors (Lipinski definition) is 1. The van der Waals surface area contributed by atoms with Crippen molar-refractivity contribution in [3.8, 4) is 17.6 Å². The van der Waals surface area contributed by atoms with Crippen molar-refractivity contribution in [3.05, 3.63) is 28.3 Å². The van der Waals surface area contributed by atoms with E-state index < -0.39 is 0 Å². The van der Waals surface area contributed by atoms with Crippen LogP contribution in [0, 0.1) is 18.8 Å². The number of phenols is 1. The number of hydrogen-bond acceptors (Lipinski definition) is 2. The monoisotopic (exact) mass is 208 g/mol. The quantitative estimate of drug-likeness (QED) is 0.568. The molecule has 0 aliphatic rings. The molecule has 0 bridgehead atoms. The summed E-state index contributed by atoms with van der Waals surface area (Å²) < 4.78 is 0. The van der Waals surface area contributed by atoms with Crippen LogP contribution >= 0.6 is 11.6 Å². The van der Waals surface area contributed by atoms with Gasteiger partial charge in [0.15, 0.2) is 0 Å². The van der Waals surface area contributed by atoms with E-state index in [1.54, 1.807) is 19.1 Å². The predicted molar refractivity (Wildman–Crippen MR) is 55.4 cm³/mol. The Labute approximate surface area is 87.5 Å². The van der Waals surface area contributed by atoms with E-state index in [1.807, 2.05) is 0 Å². The van der Waals surface area contributed by atoms with Gasteiger partial charge in [-0.3, -0.25) is 0 Å². The van der Waals surface area contributed by atoms with Crippen molar-refractivity contribution in [2.24, 2.45) is 0 Å². The van der Waals surface area contributed by atoms with Crippen molar-refractivity contribution in [2.75, 3.05) is 0 Å². The smallest absolute Gasteiger partial charge is 0.134 e. The van der Waals surface area contributed by atoms with Crippen LogP contribution in [0.1, 0.15) is 17.5 Å². The second-order valence-electron chi connectivity index (χ2n) is 2.79. The molecule has 2 nitrogen and oxygen atoms in total. The molecule has 0 saturated carbocycles. The van der Waals surface area contributed by atoms with E-state index in [1.165, 1.54) is 0 Å². The molecule has 0 radical (unpaired) electrons. The van der Waals surface area contributed by atoms with E-state index in [-0.39, 0.29) is 12.2 Å². The zero-order valence-corrected chi connectivity index (χ0v) is 8.43. The summed E-state index contributed by atoms with van der Waals surface area (Å²) in [6.07, 6.45) is 0.868. The van der Waals surface area contributed by atoms with Crippen LogP contribution < -0.4 is 0 Å². The molecule has 0 atom stereocenters. The first-order valence-electron chi connectivity index (χ1n) is 4.06. The summed E-state index contributed by atoms with van der Waals surface area (Å²) in [6.45, 7) is 1.74. The summed E-state index contributed by atoms with van der Waals surface area (Å²) in [5.74, 6) is 5.41.